The molecule has 0 saturated heterocycles. The average Bonchev–Trinajstić information content (AvgIpc) is 0. The molecule has 0 bridgehead atoms. The van der Waals surface area contributed by atoms with Crippen LogP contribution in [0.3, 0.4) is 0 Å². The third-order valence-electron chi connectivity index (χ3n) is 0. The Kier molecular flexibility index (Phi) is 765. The summed E-state index contributed by atoms with van der Waals surface area (Å²) >= 11 is 0. The van der Waals surface area contributed by atoms with Crippen LogP contribution in [0, 0.1) is 39.9 Å². The van der Waals surface area contributed by atoms with Crippen molar-refractivity contribution in [3.8, 4) is 0 Å². The van der Waals surface area contributed by atoms with Gasteiger partial charge in [0.2, 0.25) is 0 Å². The van der Waals surface area contributed by atoms with Gasteiger partial charge >= 0.3 is 39.9 Å². The molecule has 0 nitrogen and oxygen atoms in total. The molecule has 0 aliphatic rings. The molecule has 0 aromatic heterocycles. The first-order valence-corrected chi connectivity index (χ1v) is 0. The molecule has 0 atom stereocenters. The van der Waals surface area contributed by atoms with Crippen molar-refractivity contribution < 1.29 is 39.9 Å². The van der Waals surface area contributed by atoms with Gasteiger partial charge in [-0.2, -0.15) is 0 Å². The normalized spacial score (nSPS) is 0. The summed E-state index contributed by atoms with van der Waals surface area (Å²) in [7, 11) is 0. The van der Waals surface area contributed by atoms with E-state index in [0.717, 1.165) is 0 Å². The minimum atomic E-state index is 0. The van der Waals surface area contributed by atoms with Crippen LogP contribution in [0.1, 0.15) is 0 Å². The molecule has 5 heavy (non-hydrogen) atoms. The second kappa shape index (κ2) is 46.8. The molecule has 0 radical (unpaired) electrons. The number of rotatable bonds is 0. The van der Waals surface area contributed by atoms with Crippen LogP contribution in [-0.4, -0.2) is 33.7 Å². The second-order valence-corrected chi connectivity index (χ2v) is 0. The summed E-state index contributed by atoms with van der Waals surface area (Å²) in [6.07, 6.45) is 0. The zero-order valence-electron chi connectivity index (χ0n) is 0.500. The molecule has 0 N–H and O–H groups in total. The van der Waals surface area contributed by atoms with Gasteiger partial charge in [0, 0.05) is 0 Å². The van der Waals surface area contributed by atoms with E-state index < -0.39 is 0 Å². The van der Waals surface area contributed by atoms with Crippen LogP contribution >= 0.6 is 0 Å². The summed E-state index contributed by atoms with van der Waals surface area (Å²) < 4.78 is 0. The van der Waals surface area contributed by atoms with Crippen molar-refractivity contribution in [3.05, 3.63) is 0 Å². The molecule has 0 aliphatic heterocycles. The van der Waals surface area contributed by atoms with E-state index in [1.807, 2.05) is 0 Å². The average molecular weight is 291 g/mol. The summed E-state index contributed by atoms with van der Waals surface area (Å²) in [6, 6.07) is 0. The SMILES string of the molecule is [BH4-].[BH4-].[BH4-].[BH4-].[Th+4]. The van der Waals surface area contributed by atoms with E-state index in [0.29, 0.717) is 0 Å². The first-order chi connectivity index (χ1) is 0. The molecule has 32 valence electrons. The number of hydrogen-bond acceptors (Lipinski definition) is 0. The topological polar surface area (TPSA) is 0 Å². The summed E-state index contributed by atoms with van der Waals surface area (Å²) in [5, 5.41) is 0. The molecule has 0 amide bonds. The molecule has 0 saturated carbocycles. The Morgan fingerprint density at radius 1 is 0.400 bits per heavy atom. The van der Waals surface area contributed by atoms with Crippen LogP contribution in [0.2, 0.25) is 0 Å². The van der Waals surface area contributed by atoms with Gasteiger partial charge in [-0.05, 0) is 0 Å². The van der Waals surface area contributed by atoms with E-state index in [-0.39, 0.29) is 73.6 Å². The van der Waals surface area contributed by atoms with E-state index in [1.54, 1.807) is 0 Å². The molecule has 0 aromatic carbocycles. The molecule has 0 spiro atoms. The summed E-state index contributed by atoms with van der Waals surface area (Å²) in [6.45, 7) is 0. The van der Waals surface area contributed by atoms with Crippen LogP contribution in [0.5, 0.6) is 0 Å². The fourth-order valence-corrected chi connectivity index (χ4v) is 0. The van der Waals surface area contributed by atoms with Crippen molar-refractivity contribution in [3.63, 3.8) is 0 Å². The first kappa shape index (κ1) is 81.8. The van der Waals surface area contributed by atoms with Crippen molar-refractivity contribution in [2.75, 3.05) is 0 Å². The fourth-order valence-electron chi connectivity index (χ4n) is 0. The summed E-state index contributed by atoms with van der Waals surface area (Å²) in [4.78, 5) is 0. The van der Waals surface area contributed by atoms with E-state index in [2.05, 4.69) is 0 Å². The van der Waals surface area contributed by atoms with E-state index >= 15 is 0 Å². The summed E-state index contributed by atoms with van der Waals surface area (Å²) in [5.74, 6) is 0. The van der Waals surface area contributed by atoms with E-state index in [1.165, 1.54) is 0 Å². The maximum absolute atomic E-state index is 0. The maximum Gasteiger partial charge on any atom is 4.00 e. The monoisotopic (exact) mass is 292 g/mol. The van der Waals surface area contributed by atoms with Gasteiger partial charge in [-0.25, -0.2) is 0 Å². The molecule has 0 fully saturated rings. The standard InChI is InChI=1S/4BH4.Th/h4*1H4;/q4*-1;+4. The second-order valence-electron chi connectivity index (χ2n) is 0. The smallest absolute Gasteiger partial charge is 0.0626 e. The third-order valence-corrected chi connectivity index (χ3v) is 0. The predicted octanol–water partition coefficient (Wildman–Crippen LogP) is -5.81. The van der Waals surface area contributed by atoms with Crippen molar-refractivity contribution in [2.45, 2.75) is 0 Å². The Morgan fingerprint density at radius 3 is 0.400 bits per heavy atom. The van der Waals surface area contributed by atoms with Gasteiger partial charge in [-0.15, -0.1) is 0 Å². The molecule has 0 heterocycles. The maximum atomic E-state index is 0. The van der Waals surface area contributed by atoms with Crippen LogP contribution in [0.4, 0.5) is 0 Å². The van der Waals surface area contributed by atoms with Gasteiger partial charge in [0.05, 0.1) is 0 Å². The van der Waals surface area contributed by atoms with Gasteiger partial charge in [0.1, 0.15) is 0 Å². The minimum absolute atomic E-state index is 0. The Bertz CT molecular complexity index is 3.61. The molecular weight excluding hydrogens is 275 g/mol. The van der Waals surface area contributed by atoms with E-state index in [9.17, 15) is 0 Å². The Labute approximate surface area is 72.8 Å². The fraction of sp³-hybridized carbons (Fsp3) is 0. The minimum Gasteiger partial charge on any atom is -0.0626 e. The van der Waals surface area contributed by atoms with Crippen LogP contribution in [0.15, 0.2) is 0 Å². The molecule has 5 heteroatoms. The Hall–Kier alpha value is 1.58. The van der Waals surface area contributed by atoms with E-state index in [4.69, 9.17) is 0 Å². The van der Waals surface area contributed by atoms with Gasteiger partial charge in [-0.1, -0.05) is 33.7 Å². The van der Waals surface area contributed by atoms with Crippen molar-refractivity contribution in [1.29, 1.82) is 0 Å². The Balaban J connectivity index is 0. The van der Waals surface area contributed by atoms with Crippen LogP contribution < -0.4 is 0 Å². The van der Waals surface area contributed by atoms with Crippen LogP contribution in [-0.2, 0) is 0 Å². The van der Waals surface area contributed by atoms with Crippen molar-refractivity contribution in [1.82, 2.24) is 0 Å². The van der Waals surface area contributed by atoms with Crippen molar-refractivity contribution in [2.24, 2.45) is 0 Å². The molecule has 0 aromatic rings. The molecular formula is H16B4Th. The van der Waals surface area contributed by atoms with Gasteiger partial charge in [0.15, 0.2) is 0 Å². The first-order valence-electron chi connectivity index (χ1n) is 0. The molecule has 0 rings (SSSR count). The number of hydrogen-bond donors (Lipinski definition) is 0. The summed E-state index contributed by atoms with van der Waals surface area (Å²) in [5.41, 5.74) is 0. The van der Waals surface area contributed by atoms with Crippen molar-refractivity contribution >= 4 is 33.7 Å². The van der Waals surface area contributed by atoms with Gasteiger partial charge in [-0.3, -0.25) is 0 Å². The third kappa shape index (κ3) is 28.6. The quantitative estimate of drug-likeness (QED) is 0.390. The van der Waals surface area contributed by atoms with Gasteiger partial charge in [0.25, 0.3) is 0 Å². The van der Waals surface area contributed by atoms with Gasteiger partial charge < -0.3 is 0 Å². The zero-order chi connectivity index (χ0) is 0. The predicted molar refractivity (Wildman–Crippen MR) is 45.3 cm³/mol. The zero-order valence-corrected chi connectivity index (χ0v) is 4.61. The largest absolute Gasteiger partial charge is 4.00 e. The molecule has 0 aliphatic carbocycles. The molecule has 0 unspecified atom stereocenters. The van der Waals surface area contributed by atoms with Crippen LogP contribution in [0.25, 0.3) is 0 Å². The Morgan fingerprint density at radius 2 is 0.400 bits per heavy atom.